The second kappa shape index (κ2) is 8.20. The molecule has 8 nitrogen and oxygen atoms in total. The van der Waals surface area contributed by atoms with E-state index in [4.69, 9.17) is 5.11 Å². The van der Waals surface area contributed by atoms with Crippen molar-refractivity contribution in [1.29, 1.82) is 0 Å². The highest BCUT2D eigenvalue weighted by Crippen LogP contribution is 2.22. The van der Waals surface area contributed by atoms with Gasteiger partial charge in [-0.1, -0.05) is 12.1 Å². The van der Waals surface area contributed by atoms with Gasteiger partial charge in [0.1, 0.15) is 0 Å². The predicted octanol–water partition coefficient (Wildman–Crippen LogP) is 1.57. The normalized spacial score (nSPS) is 17.2. The van der Waals surface area contributed by atoms with Gasteiger partial charge in [0, 0.05) is 26.2 Å². The molecule has 0 radical (unpaired) electrons. The third kappa shape index (κ3) is 4.10. The first-order valence-corrected chi connectivity index (χ1v) is 9.20. The number of carboxylic acids is 1. The summed E-state index contributed by atoms with van der Waals surface area (Å²) in [6, 6.07) is 6.59. The molecule has 4 amide bonds. The molecule has 0 saturated carbocycles. The molecule has 8 heteroatoms. The van der Waals surface area contributed by atoms with E-state index in [-0.39, 0.29) is 23.8 Å². The first-order valence-electron chi connectivity index (χ1n) is 9.20. The van der Waals surface area contributed by atoms with E-state index < -0.39 is 5.97 Å². The number of hydrogen-bond donors (Lipinski definition) is 2. The zero-order chi connectivity index (χ0) is 19.4. The lowest BCUT2D eigenvalue weighted by molar-refractivity contribution is -0.143. The van der Waals surface area contributed by atoms with Crippen LogP contribution in [-0.4, -0.2) is 64.9 Å². The van der Waals surface area contributed by atoms with Crippen molar-refractivity contribution in [1.82, 2.24) is 15.1 Å². The first-order chi connectivity index (χ1) is 13.0. The molecule has 2 heterocycles. The molecule has 0 aromatic heterocycles. The predicted molar refractivity (Wildman–Crippen MR) is 96.4 cm³/mol. The lowest BCUT2D eigenvalue weighted by Gasteiger charge is -2.30. The van der Waals surface area contributed by atoms with Gasteiger partial charge in [0.15, 0.2) is 0 Å². The fourth-order valence-electron chi connectivity index (χ4n) is 3.47. The number of aliphatic carboxylic acids is 1. The van der Waals surface area contributed by atoms with Crippen molar-refractivity contribution in [2.45, 2.75) is 25.7 Å². The highest BCUT2D eigenvalue weighted by Gasteiger charge is 2.34. The minimum absolute atomic E-state index is 0.195. The quantitative estimate of drug-likeness (QED) is 0.581. The first kappa shape index (κ1) is 18.9. The number of nitrogens with one attached hydrogen (secondary N) is 1. The van der Waals surface area contributed by atoms with Gasteiger partial charge in [0.05, 0.1) is 17.0 Å². The Morgan fingerprint density at radius 1 is 1.04 bits per heavy atom. The maximum absolute atomic E-state index is 12.2. The lowest BCUT2D eigenvalue weighted by atomic mass is 9.97. The Morgan fingerprint density at radius 3 is 2.19 bits per heavy atom. The molecule has 1 saturated heterocycles. The number of fused-ring (bicyclic) bond motifs is 1. The van der Waals surface area contributed by atoms with Crippen molar-refractivity contribution >= 4 is 23.8 Å². The minimum atomic E-state index is -0.803. The summed E-state index contributed by atoms with van der Waals surface area (Å²) in [5.74, 6) is -1.70. The topological polar surface area (TPSA) is 107 Å². The van der Waals surface area contributed by atoms with Crippen molar-refractivity contribution in [3.8, 4) is 0 Å². The van der Waals surface area contributed by atoms with Gasteiger partial charge >= 0.3 is 12.0 Å². The van der Waals surface area contributed by atoms with E-state index in [2.05, 4.69) is 5.32 Å². The van der Waals surface area contributed by atoms with Gasteiger partial charge in [-0.2, -0.15) is 0 Å². The molecule has 0 spiro atoms. The van der Waals surface area contributed by atoms with Crippen molar-refractivity contribution in [3.63, 3.8) is 0 Å². The van der Waals surface area contributed by atoms with Crippen molar-refractivity contribution < 1.29 is 24.3 Å². The van der Waals surface area contributed by atoms with Crippen molar-refractivity contribution in [2.75, 3.05) is 26.2 Å². The Morgan fingerprint density at radius 2 is 1.63 bits per heavy atom. The van der Waals surface area contributed by atoms with Crippen LogP contribution in [0.1, 0.15) is 46.4 Å². The largest absolute Gasteiger partial charge is 0.481 e. The second-order valence-electron chi connectivity index (χ2n) is 6.85. The second-order valence-corrected chi connectivity index (χ2v) is 6.85. The van der Waals surface area contributed by atoms with Gasteiger partial charge in [0.2, 0.25) is 0 Å². The number of nitrogens with zero attached hydrogens (tertiary/aromatic N) is 2. The molecule has 0 bridgehead atoms. The summed E-state index contributed by atoms with van der Waals surface area (Å²) in [5, 5.41) is 11.8. The number of carbonyl (C=O) groups is 4. The number of amides is 4. The van der Waals surface area contributed by atoms with Crippen molar-refractivity contribution in [2.24, 2.45) is 5.92 Å². The highest BCUT2D eigenvalue weighted by molar-refractivity contribution is 6.21. The molecule has 27 heavy (non-hydrogen) atoms. The molecule has 1 aromatic carbocycles. The summed E-state index contributed by atoms with van der Waals surface area (Å²) in [6.45, 7) is 1.66. The van der Waals surface area contributed by atoms with Gasteiger partial charge in [-0.3, -0.25) is 19.3 Å². The van der Waals surface area contributed by atoms with Crippen LogP contribution in [0.3, 0.4) is 0 Å². The standard InChI is InChI=1S/C19H23N3O5/c23-16-14-5-1-2-6-15(14)17(24)22(16)10-4-3-9-20-19(27)21-11-7-13(8-12-21)18(25)26/h1-2,5-6,13H,3-4,7-12H2,(H,20,27)(H,25,26). The molecular formula is C19H23N3O5. The van der Waals surface area contributed by atoms with Crippen LogP contribution in [0.15, 0.2) is 24.3 Å². The van der Waals surface area contributed by atoms with Crippen LogP contribution in [0.4, 0.5) is 4.79 Å². The molecule has 0 aliphatic carbocycles. The fraction of sp³-hybridized carbons (Fsp3) is 0.474. The Kier molecular flexibility index (Phi) is 5.73. The van der Waals surface area contributed by atoms with Crippen LogP contribution in [0.2, 0.25) is 0 Å². The van der Waals surface area contributed by atoms with Crippen LogP contribution in [0.5, 0.6) is 0 Å². The van der Waals surface area contributed by atoms with Crippen LogP contribution in [-0.2, 0) is 4.79 Å². The molecule has 0 atom stereocenters. The third-order valence-electron chi connectivity index (χ3n) is 5.09. The zero-order valence-corrected chi connectivity index (χ0v) is 15.0. The van der Waals surface area contributed by atoms with E-state index in [1.807, 2.05) is 0 Å². The number of likely N-dealkylation sites (tertiary alicyclic amines) is 1. The SMILES string of the molecule is O=C(O)C1CCN(C(=O)NCCCCN2C(=O)c3ccccc3C2=O)CC1. The van der Waals surface area contributed by atoms with Gasteiger partial charge < -0.3 is 15.3 Å². The Hall–Kier alpha value is -2.90. The van der Waals surface area contributed by atoms with E-state index >= 15 is 0 Å². The van der Waals surface area contributed by atoms with Crippen LogP contribution in [0.25, 0.3) is 0 Å². The number of unbranched alkanes of at least 4 members (excludes halogenated alkanes) is 1. The zero-order valence-electron chi connectivity index (χ0n) is 15.0. The summed E-state index contributed by atoms with van der Waals surface area (Å²) in [6.07, 6.45) is 2.20. The Balaban J connectivity index is 1.36. The maximum Gasteiger partial charge on any atom is 0.317 e. The molecule has 2 aliphatic heterocycles. The number of carbonyl (C=O) groups excluding carboxylic acids is 3. The number of imide groups is 1. The van der Waals surface area contributed by atoms with Gasteiger partial charge in [-0.15, -0.1) is 0 Å². The Bertz CT molecular complexity index is 720. The van der Waals surface area contributed by atoms with Crippen LogP contribution in [0, 0.1) is 5.92 Å². The lowest BCUT2D eigenvalue weighted by Crippen LogP contribution is -2.45. The van der Waals surface area contributed by atoms with Crippen LogP contribution >= 0.6 is 0 Å². The van der Waals surface area contributed by atoms with Gasteiger partial charge in [0.25, 0.3) is 11.8 Å². The third-order valence-corrected chi connectivity index (χ3v) is 5.09. The number of urea groups is 1. The molecule has 0 unspecified atom stereocenters. The molecule has 3 rings (SSSR count). The summed E-state index contributed by atoms with van der Waals surface area (Å²) in [5.41, 5.74) is 0.890. The molecule has 144 valence electrons. The summed E-state index contributed by atoms with van der Waals surface area (Å²) in [4.78, 5) is 50.4. The smallest absolute Gasteiger partial charge is 0.317 e. The van der Waals surface area contributed by atoms with E-state index in [0.29, 0.717) is 63.0 Å². The number of hydrogen-bond acceptors (Lipinski definition) is 4. The number of piperidine rings is 1. The summed E-state index contributed by atoms with van der Waals surface area (Å²) in [7, 11) is 0. The van der Waals surface area contributed by atoms with E-state index in [1.54, 1.807) is 29.2 Å². The average Bonchev–Trinajstić information content (AvgIpc) is 2.92. The number of rotatable bonds is 6. The fourth-order valence-corrected chi connectivity index (χ4v) is 3.47. The Labute approximate surface area is 157 Å². The number of benzene rings is 1. The molecule has 1 fully saturated rings. The van der Waals surface area contributed by atoms with Gasteiger partial charge in [-0.05, 0) is 37.8 Å². The van der Waals surface area contributed by atoms with E-state index in [0.717, 1.165) is 0 Å². The van der Waals surface area contributed by atoms with E-state index in [9.17, 15) is 19.2 Å². The molecule has 2 N–H and O–H groups in total. The minimum Gasteiger partial charge on any atom is -0.481 e. The highest BCUT2D eigenvalue weighted by atomic mass is 16.4. The van der Waals surface area contributed by atoms with Gasteiger partial charge in [-0.25, -0.2) is 4.79 Å². The molecule has 2 aliphatic rings. The number of carboxylic acid groups (broad SMARTS) is 1. The van der Waals surface area contributed by atoms with Crippen LogP contribution < -0.4 is 5.32 Å². The summed E-state index contributed by atoms with van der Waals surface area (Å²) < 4.78 is 0. The van der Waals surface area contributed by atoms with E-state index in [1.165, 1.54) is 4.90 Å². The monoisotopic (exact) mass is 373 g/mol. The summed E-state index contributed by atoms with van der Waals surface area (Å²) >= 11 is 0. The average molecular weight is 373 g/mol. The van der Waals surface area contributed by atoms with Crippen molar-refractivity contribution in [3.05, 3.63) is 35.4 Å². The molecule has 1 aromatic rings. The maximum atomic E-state index is 12.2. The molecular weight excluding hydrogens is 350 g/mol.